The van der Waals surface area contributed by atoms with Crippen molar-refractivity contribution in [1.29, 1.82) is 0 Å². The summed E-state index contributed by atoms with van der Waals surface area (Å²) in [7, 11) is 0. The Kier molecular flexibility index (Phi) is 4.60. The highest BCUT2D eigenvalue weighted by atomic mass is 32.1. The summed E-state index contributed by atoms with van der Waals surface area (Å²) < 4.78 is 0. The summed E-state index contributed by atoms with van der Waals surface area (Å²) in [6.07, 6.45) is 0.907. The molecule has 2 amide bonds. The first kappa shape index (κ1) is 13.4. The summed E-state index contributed by atoms with van der Waals surface area (Å²) in [5, 5.41) is 14.1. The number of hydrogen-bond acceptors (Lipinski definition) is 3. The van der Waals surface area contributed by atoms with Crippen molar-refractivity contribution in [2.45, 2.75) is 19.3 Å². The average Bonchev–Trinajstić information content (AvgIpc) is 3.05. The minimum Gasteiger partial charge on any atom is -0.396 e. The Balaban J connectivity index is 1.75. The number of urea groups is 1. The molecule has 2 N–H and O–H groups in total. The number of nitrogens with zero attached hydrogens (tertiary/aromatic N) is 1. The van der Waals surface area contributed by atoms with Crippen LogP contribution in [-0.2, 0) is 0 Å². The maximum absolute atomic E-state index is 11.9. The first-order valence-corrected chi connectivity index (χ1v) is 7.25. The number of aliphatic hydroxyl groups excluding tert-OH is 1. The number of nitrogens with one attached hydrogen (secondary N) is 1. The standard InChI is InChI=1S/C13H20N2O2S/c1-10(12-3-2-6-18-12)7-14-13(17)15-5-4-11(8-15)9-16/h2-3,6,10-11,16H,4-5,7-9H2,1H3,(H,14,17). The fourth-order valence-corrected chi connectivity index (χ4v) is 2.98. The first-order valence-electron chi connectivity index (χ1n) is 6.37. The highest BCUT2D eigenvalue weighted by molar-refractivity contribution is 7.10. The molecule has 1 aromatic rings. The molecule has 1 fully saturated rings. The van der Waals surface area contributed by atoms with Crippen molar-refractivity contribution < 1.29 is 9.90 Å². The quantitative estimate of drug-likeness (QED) is 0.876. The van der Waals surface area contributed by atoms with Crippen molar-refractivity contribution in [1.82, 2.24) is 10.2 Å². The number of thiophene rings is 1. The monoisotopic (exact) mass is 268 g/mol. The maximum Gasteiger partial charge on any atom is 0.317 e. The predicted octanol–water partition coefficient (Wildman–Crippen LogP) is 1.88. The van der Waals surface area contributed by atoms with E-state index in [1.165, 1.54) is 4.88 Å². The number of likely N-dealkylation sites (tertiary alicyclic amines) is 1. The third-order valence-corrected chi connectivity index (χ3v) is 4.52. The van der Waals surface area contributed by atoms with E-state index in [0.29, 0.717) is 19.0 Å². The molecule has 5 heteroatoms. The van der Waals surface area contributed by atoms with Crippen LogP contribution in [0, 0.1) is 5.92 Å². The van der Waals surface area contributed by atoms with E-state index in [9.17, 15) is 4.79 Å². The second kappa shape index (κ2) is 6.20. The van der Waals surface area contributed by atoms with E-state index in [2.05, 4.69) is 23.7 Å². The average molecular weight is 268 g/mol. The lowest BCUT2D eigenvalue weighted by Gasteiger charge is -2.18. The smallest absolute Gasteiger partial charge is 0.317 e. The predicted molar refractivity (Wildman–Crippen MR) is 72.9 cm³/mol. The van der Waals surface area contributed by atoms with Crippen LogP contribution in [0.15, 0.2) is 17.5 Å². The molecule has 0 aliphatic carbocycles. The van der Waals surface area contributed by atoms with Gasteiger partial charge in [-0.25, -0.2) is 4.79 Å². The summed E-state index contributed by atoms with van der Waals surface area (Å²) >= 11 is 1.72. The molecule has 2 unspecified atom stereocenters. The summed E-state index contributed by atoms with van der Waals surface area (Å²) in [6.45, 7) is 4.39. The Morgan fingerprint density at radius 3 is 3.17 bits per heavy atom. The van der Waals surface area contributed by atoms with Gasteiger partial charge in [0.15, 0.2) is 0 Å². The fraction of sp³-hybridized carbons (Fsp3) is 0.615. The summed E-state index contributed by atoms with van der Waals surface area (Å²) in [5.74, 6) is 0.607. The van der Waals surface area contributed by atoms with Crippen LogP contribution in [0.25, 0.3) is 0 Å². The molecule has 2 rings (SSSR count). The second-order valence-corrected chi connectivity index (χ2v) is 5.87. The topological polar surface area (TPSA) is 52.6 Å². The van der Waals surface area contributed by atoms with E-state index in [1.54, 1.807) is 16.2 Å². The van der Waals surface area contributed by atoms with E-state index in [0.717, 1.165) is 13.0 Å². The van der Waals surface area contributed by atoms with Crippen LogP contribution in [0.1, 0.15) is 24.1 Å². The molecule has 0 spiro atoms. The van der Waals surface area contributed by atoms with Crippen LogP contribution in [0.5, 0.6) is 0 Å². The number of carbonyl (C=O) groups is 1. The van der Waals surface area contributed by atoms with Crippen molar-refractivity contribution in [3.8, 4) is 0 Å². The van der Waals surface area contributed by atoms with E-state index >= 15 is 0 Å². The molecule has 100 valence electrons. The molecule has 0 bridgehead atoms. The maximum atomic E-state index is 11.9. The van der Waals surface area contributed by atoms with Gasteiger partial charge in [-0.15, -0.1) is 11.3 Å². The highest BCUT2D eigenvalue weighted by Crippen LogP contribution is 2.20. The minimum absolute atomic E-state index is 0.00523. The SMILES string of the molecule is CC(CNC(=O)N1CCC(CO)C1)c1cccs1. The van der Waals surface area contributed by atoms with Gasteiger partial charge in [0.05, 0.1) is 0 Å². The van der Waals surface area contributed by atoms with Gasteiger partial charge < -0.3 is 15.3 Å². The minimum atomic E-state index is -0.00523. The van der Waals surface area contributed by atoms with Gasteiger partial charge in [0.25, 0.3) is 0 Å². The van der Waals surface area contributed by atoms with Gasteiger partial charge in [-0.3, -0.25) is 0 Å². The molecular weight excluding hydrogens is 248 g/mol. The van der Waals surface area contributed by atoms with Crippen molar-refractivity contribution in [2.24, 2.45) is 5.92 Å². The van der Waals surface area contributed by atoms with Gasteiger partial charge in [-0.2, -0.15) is 0 Å². The Bertz CT molecular complexity index is 380. The zero-order valence-electron chi connectivity index (χ0n) is 10.6. The molecule has 1 aliphatic rings. The van der Waals surface area contributed by atoms with Crippen molar-refractivity contribution in [3.05, 3.63) is 22.4 Å². The summed E-state index contributed by atoms with van der Waals surface area (Å²) in [4.78, 5) is 15.0. The Hall–Kier alpha value is -1.07. The van der Waals surface area contributed by atoms with Crippen LogP contribution in [0.2, 0.25) is 0 Å². The largest absolute Gasteiger partial charge is 0.396 e. The van der Waals surface area contributed by atoms with Gasteiger partial charge in [0.1, 0.15) is 0 Å². The number of carbonyl (C=O) groups excluding carboxylic acids is 1. The first-order chi connectivity index (χ1) is 8.70. The molecular formula is C13H20N2O2S. The third-order valence-electron chi connectivity index (χ3n) is 3.42. The van der Waals surface area contributed by atoms with Gasteiger partial charge >= 0.3 is 6.03 Å². The molecule has 4 nitrogen and oxygen atoms in total. The summed E-state index contributed by atoms with van der Waals surface area (Å²) in [5.41, 5.74) is 0. The van der Waals surface area contributed by atoms with Crippen LogP contribution in [-0.4, -0.2) is 42.3 Å². The van der Waals surface area contributed by atoms with Gasteiger partial charge in [0, 0.05) is 43.0 Å². The van der Waals surface area contributed by atoms with Gasteiger partial charge in [-0.1, -0.05) is 13.0 Å². The molecule has 18 heavy (non-hydrogen) atoms. The van der Waals surface area contributed by atoms with E-state index < -0.39 is 0 Å². The van der Waals surface area contributed by atoms with Crippen LogP contribution >= 0.6 is 11.3 Å². The number of amides is 2. The molecule has 2 atom stereocenters. The lowest BCUT2D eigenvalue weighted by atomic mass is 10.1. The number of hydrogen-bond donors (Lipinski definition) is 2. The molecule has 0 saturated carbocycles. The number of rotatable bonds is 4. The van der Waals surface area contributed by atoms with Crippen molar-refractivity contribution >= 4 is 17.4 Å². The zero-order valence-corrected chi connectivity index (χ0v) is 11.4. The Labute approximate surface area is 112 Å². The van der Waals surface area contributed by atoms with Gasteiger partial charge in [-0.05, 0) is 17.9 Å². The molecule has 0 aromatic carbocycles. The second-order valence-electron chi connectivity index (χ2n) is 4.89. The van der Waals surface area contributed by atoms with Crippen molar-refractivity contribution in [3.63, 3.8) is 0 Å². The lowest BCUT2D eigenvalue weighted by molar-refractivity contribution is 0.198. The van der Waals surface area contributed by atoms with Gasteiger partial charge in [0.2, 0.25) is 0 Å². The van der Waals surface area contributed by atoms with Crippen molar-refractivity contribution in [2.75, 3.05) is 26.2 Å². The third kappa shape index (κ3) is 3.23. The van der Waals surface area contributed by atoms with Crippen LogP contribution in [0.3, 0.4) is 0 Å². The molecule has 1 aromatic heterocycles. The van der Waals surface area contributed by atoms with Crippen LogP contribution < -0.4 is 5.32 Å². The van der Waals surface area contributed by atoms with E-state index in [4.69, 9.17) is 5.11 Å². The highest BCUT2D eigenvalue weighted by Gasteiger charge is 2.25. The molecule has 2 heterocycles. The molecule has 1 aliphatic heterocycles. The Morgan fingerprint density at radius 1 is 1.72 bits per heavy atom. The zero-order chi connectivity index (χ0) is 13.0. The van der Waals surface area contributed by atoms with E-state index in [1.807, 2.05) is 6.07 Å². The molecule has 1 saturated heterocycles. The summed E-state index contributed by atoms with van der Waals surface area (Å²) in [6, 6.07) is 4.12. The van der Waals surface area contributed by atoms with E-state index in [-0.39, 0.29) is 18.6 Å². The lowest BCUT2D eigenvalue weighted by Crippen LogP contribution is -2.40. The number of aliphatic hydroxyl groups is 1. The Morgan fingerprint density at radius 2 is 2.56 bits per heavy atom. The van der Waals surface area contributed by atoms with Crippen LogP contribution in [0.4, 0.5) is 4.79 Å². The molecule has 0 radical (unpaired) electrons. The normalized spacial score (nSPS) is 21.0. The fourth-order valence-electron chi connectivity index (χ4n) is 2.19.